The normalized spacial score (nSPS) is 13.5. The number of hydrogen-bond donors (Lipinski definition) is 0. The Morgan fingerprint density at radius 3 is 2.41 bits per heavy atom. The fraction of sp³-hybridized carbons (Fsp3) is 0.0714. The summed E-state index contributed by atoms with van der Waals surface area (Å²) >= 11 is 2.30. The first-order valence-electron chi connectivity index (χ1n) is 5.44. The summed E-state index contributed by atoms with van der Waals surface area (Å²) < 4.78 is 1.04. The van der Waals surface area contributed by atoms with Crippen LogP contribution in [0.15, 0.2) is 53.5 Å². The first-order chi connectivity index (χ1) is 8.27. The highest BCUT2D eigenvalue weighted by Crippen LogP contribution is 2.38. The van der Waals surface area contributed by atoms with Gasteiger partial charge in [-0.25, -0.2) is 4.99 Å². The Kier molecular flexibility index (Phi) is 2.63. The van der Waals surface area contributed by atoms with Gasteiger partial charge in [0.05, 0.1) is 17.1 Å². The molecular formula is C14H11IN2. The van der Waals surface area contributed by atoms with Crippen LogP contribution < -0.4 is 4.90 Å². The van der Waals surface area contributed by atoms with Crippen LogP contribution >= 0.6 is 22.6 Å². The minimum absolute atomic E-state index is 1.02. The maximum atomic E-state index is 4.69. The second-order valence-electron chi connectivity index (χ2n) is 3.97. The van der Waals surface area contributed by atoms with Gasteiger partial charge in [0.25, 0.3) is 0 Å². The SMILES string of the molecule is CN1c2ccccc2N=C(I)c2ccccc21. The second-order valence-corrected chi connectivity index (χ2v) is 4.99. The quantitative estimate of drug-likeness (QED) is 0.657. The zero-order valence-electron chi connectivity index (χ0n) is 9.39. The van der Waals surface area contributed by atoms with Crippen molar-refractivity contribution in [3.63, 3.8) is 0 Å². The largest absolute Gasteiger partial charge is 0.342 e. The van der Waals surface area contributed by atoms with Gasteiger partial charge in [-0.2, -0.15) is 0 Å². The van der Waals surface area contributed by atoms with E-state index in [0.29, 0.717) is 0 Å². The Balaban J connectivity index is 2.32. The number of benzene rings is 2. The van der Waals surface area contributed by atoms with Gasteiger partial charge in [-0.15, -0.1) is 0 Å². The number of para-hydroxylation sites is 3. The average Bonchev–Trinajstić information content (AvgIpc) is 2.48. The van der Waals surface area contributed by atoms with E-state index in [0.717, 1.165) is 15.1 Å². The van der Waals surface area contributed by atoms with E-state index in [1.807, 2.05) is 12.1 Å². The average molecular weight is 334 g/mol. The van der Waals surface area contributed by atoms with E-state index < -0.39 is 0 Å². The van der Waals surface area contributed by atoms with Gasteiger partial charge in [0.1, 0.15) is 3.72 Å². The molecule has 2 aromatic rings. The Morgan fingerprint density at radius 2 is 1.59 bits per heavy atom. The minimum atomic E-state index is 1.02. The van der Waals surface area contributed by atoms with E-state index in [2.05, 4.69) is 70.9 Å². The van der Waals surface area contributed by atoms with Crippen LogP contribution in [0.4, 0.5) is 17.1 Å². The van der Waals surface area contributed by atoms with E-state index in [1.165, 1.54) is 11.3 Å². The summed E-state index contributed by atoms with van der Waals surface area (Å²) in [7, 11) is 2.09. The Labute approximate surface area is 114 Å². The summed E-state index contributed by atoms with van der Waals surface area (Å²) in [5.74, 6) is 0. The van der Waals surface area contributed by atoms with E-state index >= 15 is 0 Å². The second kappa shape index (κ2) is 4.14. The van der Waals surface area contributed by atoms with Gasteiger partial charge >= 0.3 is 0 Å². The molecule has 1 aliphatic rings. The third kappa shape index (κ3) is 1.74. The molecule has 1 heterocycles. The molecule has 0 bridgehead atoms. The zero-order valence-corrected chi connectivity index (χ0v) is 11.5. The molecule has 0 radical (unpaired) electrons. The lowest BCUT2D eigenvalue weighted by Gasteiger charge is -2.20. The van der Waals surface area contributed by atoms with Crippen LogP contribution in [0.1, 0.15) is 5.56 Å². The van der Waals surface area contributed by atoms with Crippen molar-refractivity contribution in [3.05, 3.63) is 54.1 Å². The fourth-order valence-electron chi connectivity index (χ4n) is 2.08. The standard InChI is InChI=1S/C14H11IN2/c1-17-12-8-4-2-6-10(12)14(15)16-11-7-3-5-9-13(11)17/h2-9H,1H3. The number of fused-ring (bicyclic) bond motifs is 2. The summed E-state index contributed by atoms with van der Waals surface area (Å²) in [4.78, 5) is 6.89. The summed E-state index contributed by atoms with van der Waals surface area (Å²) in [6.45, 7) is 0. The van der Waals surface area contributed by atoms with Crippen molar-refractivity contribution in [1.82, 2.24) is 0 Å². The molecule has 0 saturated heterocycles. The van der Waals surface area contributed by atoms with Gasteiger partial charge in [-0.3, -0.25) is 0 Å². The molecule has 0 unspecified atom stereocenters. The van der Waals surface area contributed by atoms with Gasteiger partial charge < -0.3 is 4.90 Å². The molecule has 0 spiro atoms. The molecule has 0 fully saturated rings. The highest BCUT2D eigenvalue weighted by Gasteiger charge is 2.17. The van der Waals surface area contributed by atoms with Crippen molar-refractivity contribution in [2.24, 2.45) is 4.99 Å². The molecule has 84 valence electrons. The van der Waals surface area contributed by atoms with E-state index in [1.54, 1.807) is 0 Å². The maximum absolute atomic E-state index is 4.69. The van der Waals surface area contributed by atoms with Crippen molar-refractivity contribution in [2.45, 2.75) is 0 Å². The summed E-state index contributed by atoms with van der Waals surface area (Å²) in [6.07, 6.45) is 0. The molecule has 3 rings (SSSR count). The van der Waals surface area contributed by atoms with Crippen molar-refractivity contribution in [2.75, 3.05) is 11.9 Å². The summed E-state index contributed by atoms with van der Waals surface area (Å²) in [5.41, 5.74) is 4.56. The lowest BCUT2D eigenvalue weighted by molar-refractivity contribution is 1.21. The molecule has 0 amide bonds. The van der Waals surface area contributed by atoms with E-state index in [-0.39, 0.29) is 0 Å². The molecule has 0 atom stereocenters. The van der Waals surface area contributed by atoms with E-state index in [9.17, 15) is 0 Å². The van der Waals surface area contributed by atoms with Crippen LogP contribution in [0.25, 0.3) is 0 Å². The predicted octanol–water partition coefficient (Wildman–Crippen LogP) is 4.28. The zero-order chi connectivity index (χ0) is 11.8. The third-order valence-electron chi connectivity index (χ3n) is 2.95. The van der Waals surface area contributed by atoms with Crippen molar-refractivity contribution in [1.29, 1.82) is 0 Å². The molecule has 3 heteroatoms. The molecule has 0 N–H and O–H groups in total. The van der Waals surface area contributed by atoms with Crippen molar-refractivity contribution in [3.8, 4) is 0 Å². The maximum Gasteiger partial charge on any atom is 0.111 e. The fourth-order valence-corrected chi connectivity index (χ4v) is 2.79. The topological polar surface area (TPSA) is 15.6 Å². The monoisotopic (exact) mass is 334 g/mol. The van der Waals surface area contributed by atoms with Crippen molar-refractivity contribution >= 4 is 43.4 Å². The summed E-state index contributed by atoms with van der Waals surface area (Å²) in [6, 6.07) is 16.6. The minimum Gasteiger partial charge on any atom is -0.342 e. The molecule has 17 heavy (non-hydrogen) atoms. The highest BCUT2D eigenvalue weighted by atomic mass is 127. The molecule has 0 saturated carbocycles. The molecule has 0 aliphatic carbocycles. The van der Waals surface area contributed by atoms with Gasteiger partial charge in [0.15, 0.2) is 0 Å². The highest BCUT2D eigenvalue weighted by molar-refractivity contribution is 14.1. The number of hydrogen-bond acceptors (Lipinski definition) is 2. The third-order valence-corrected chi connectivity index (χ3v) is 3.77. The molecule has 2 aromatic carbocycles. The van der Waals surface area contributed by atoms with Crippen LogP contribution in [0.2, 0.25) is 0 Å². The smallest absolute Gasteiger partial charge is 0.111 e. The van der Waals surface area contributed by atoms with Crippen molar-refractivity contribution < 1.29 is 0 Å². The van der Waals surface area contributed by atoms with Crippen LogP contribution in [-0.2, 0) is 0 Å². The van der Waals surface area contributed by atoms with Gasteiger partial charge in [0, 0.05) is 12.6 Å². The number of halogens is 1. The van der Waals surface area contributed by atoms with Crippen LogP contribution in [0.3, 0.4) is 0 Å². The Hall–Kier alpha value is -1.36. The number of rotatable bonds is 0. The van der Waals surface area contributed by atoms with E-state index in [4.69, 9.17) is 4.99 Å². The summed E-state index contributed by atoms with van der Waals surface area (Å²) in [5, 5.41) is 0. The lowest BCUT2D eigenvalue weighted by Crippen LogP contribution is -2.10. The Morgan fingerprint density at radius 1 is 0.941 bits per heavy atom. The predicted molar refractivity (Wildman–Crippen MR) is 81.2 cm³/mol. The van der Waals surface area contributed by atoms with Crippen LogP contribution in [-0.4, -0.2) is 10.8 Å². The molecule has 2 nitrogen and oxygen atoms in total. The van der Waals surface area contributed by atoms with Crippen LogP contribution in [0.5, 0.6) is 0 Å². The van der Waals surface area contributed by atoms with Crippen LogP contribution in [0, 0.1) is 0 Å². The van der Waals surface area contributed by atoms with Gasteiger partial charge in [-0.05, 0) is 40.8 Å². The molecule has 0 aromatic heterocycles. The van der Waals surface area contributed by atoms with Gasteiger partial charge in [-0.1, -0.05) is 30.3 Å². The number of nitrogens with zero attached hydrogens (tertiary/aromatic N) is 2. The molecule has 1 aliphatic heterocycles. The van der Waals surface area contributed by atoms with Gasteiger partial charge in [0.2, 0.25) is 0 Å². The molecular weight excluding hydrogens is 323 g/mol. The lowest BCUT2D eigenvalue weighted by atomic mass is 10.1. The number of aliphatic imine (C=N–C) groups is 1. The first kappa shape index (κ1) is 10.8. The first-order valence-corrected chi connectivity index (χ1v) is 6.51. The number of anilines is 2. The Bertz CT molecular complexity index is 605.